The largest absolute Gasteiger partial charge is 0.510 e. The molecular formula is C29H22N2O9S. The SMILES string of the molecule is CC(O)=C(C(=O)OC(c1ccccc1)c1ccccc1)N1C[C@]2(COS(=O)(=O)c3ccc4c(c3)C(=O)N2C4=O)C1=O. The van der Waals surface area contributed by atoms with Crippen molar-refractivity contribution in [2.75, 3.05) is 13.2 Å². The Kier molecular flexibility index (Phi) is 6.05. The molecule has 3 aromatic rings. The zero-order chi connectivity index (χ0) is 29.1. The molecule has 3 aliphatic heterocycles. The second-order valence-corrected chi connectivity index (χ2v) is 11.4. The topological polar surface area (TPSA) is 148 Å². The van der Waals surface area contributed by atoms with Gasteiger partial charge in [0.25, 0.3) is 27.8 Å². The molecule has 11 nitrogen and oxygen atoms in total. The van der Waals surface area contributed by atoms with Crippen molar-refractivity contribution in [3.63, 3.8) is 0 Å². The van der Waals surface area contributed by atoms with Gasteiger partial charge in [-0.1, -0.05) is 60.7 Å². The van der Waals surface area contributed by atoms with Gasteiger partial charge in [0.2, 0.25) is 0 Å². The number of aliphatic hydroxyl groups excluding tert-OH is 1. The quantitative estimate of drug-likeness (QED) is 0.121. The van der Waals surface area contributed by atoms with E-state index in [0.29, 0.717) is 16.0 Å². The summed E-state index contributed by atoms with van der Waals surface area (Å²) >= 11 is 0. The molecule has 0 radical (unpaired) electrons. The van der Waals surface area contributed by atoms with Gasteiger partial charge in [0.1, 0.15) is 12.4 Å². The van der Waals surface area contributed by atoms with Gasteiger partial charge in [0, 0.05) is 0 Å². The number of benzene rings is 3. The van der Waals surface area contributed by atoms with Gasteiger partial charge < -0.3 is 9.84 Å². The summed E-state index contributed by atoms with van der Waals surface area (Å²) in [5, 5.41) is 10.5. The molecule has 3 aliphatic rings. The molecule has 0 unspecified atom stereocenters. The highest BCUT2D eigenvalue weighted by molar-refractivity contribution is 7.86. The normalized spacial score (nSPS) is 21.4. The van der Waals surface area contributed by atoms with E-state index in [4.69, 9.17) is 8.92 Å². The number of likely N-dealkylation sites (tertiary alicyclic amines) is 1. The van der Waals surface area contributed by atoms with Crippen LogP contribution in [0.25, 0.3) is 0 Å². The number of aliphatic hydroxyl groups is 1. The Morgan fingerprint density at radius 2 is 1.51 bits per heavy atom. The molecule has 0 saturated carbocycles. The first-order chi connectivity index (χ1) is 19.5. The maximum atomic E-state index is 13.8. The van der Waals surface area contributed by atoms with Crippen LogP contribution in [0.5, 0.6) is 0 Å². The minimum absolute atomic E-state index is 0.0523. The number of amides is 3. The van der Waals surface area contributed by atoms with Crippen LogP contribution in [-0.4, -0.2) is 65.7 Å². The van der Waals surface area contributed by atoms with Crippen molar-refractivity contribution in [1.29, 1.82) is 0 Å². The van der Waals surface area contributed by atoms with Crippen molar-refractivity contribution in [2.24, 2.45) is 0 Å². The lowest BCUT2D eigenvalue weighted by molar-refractivity contribution is -0.164. The van der Waals surface area contributed by atoms with Gasteiger partial charge in [0.05, 0.1) is 22.6 Å². The summed E-state index contributed by atoms with van der Waals surface area (Å²) in [6.45, 7) is -0.193. The van der Waals surface area contributed by atoms with Crippen molar-refractivity contribution < 1.29 is 41.6 Å². The third-order valence-electron chi connectivity index (χ3n) is 7.33. The number of nitrogens with zero attached hydrogens (tertiary/aromatic N) is 2. The number of hydrogen-bond donors (Lipinski definition) is 1. The van der Waals surface area contributed by atoms with Gasteiger partial charge in [-0.2, -0.15) is 8.42 Å². The van der Waals surface area contributed by atoms with E-state index in [2.05, 4.69) is 0 Å². The van der Waals surface area contributed by atoms with Gasteiger partial charge in [-0.25, -0.2) is 4.79 Å². The Hall–Kier alpha value is -4.81. The van der Waals surface area contributed by atoms with Crippen molar-refractivity contribution in [1.82, 2.24) is 9.80 Å². The van der Waals surface area contributed by atoms with Crippen LogP contribution < -0.4 is 0 Å². The molecular weight excluding hydrogens is 552 g/mol. The number of hydrogen-bond acceptors (Lipinski definition) is 9. The molecule has 0 aliphatic carbocycles. The highest BCUT2D eigenvalue weighted by Gasteiger charge is 2.65. The Morgan fingerprint density at radius 1 is 0.927 bits per heavy atom. The molecule has 1 saturated heterocycles. The average molecular weight is 575 g/mol. The maximum absolute atomic E-state index is 13.8. The molecule has 1 atom stereocenters. The lowest BCUT2D eigenvalue weighted by atomic mass is 9.86. The third kappa shape index (κ3) is 4.02. The second-order valence-electron chi connectivity index (χ2n) is 9.83. The predicted octanol–water partition coefficient (Wildman–Crippen LogP) is 2.70. The van der Waals surface area contributed by atoms with Crippen LogP contribution in [0.15, 0.2) is 95.2 Å². The molecule has 3 bridgehead atoms. The van der Waals surface area contributed by atoms with Crippen LogP contribution in [0, 0.1) is 0 Å². The number of β-lactam (4-membered cyclic amide) rings is 1. The van der Waals surface area contributed by atoms with Crippen molar-refractivity contribution in [2.45, 2.75) is 23.5 Å². The summed E-state index contributed by atoms with van der Waals surface area (Å²) in [5.74, 6) is -4.24. The zero-order valence-corrected chi connectivity index (χ0v) is 22.3. The van der Waals surface area contributed by atoms with Crippen LogP contribution >= 0.6 is 0 Å². The summed E-state index contributed by atoms with van der Waals surface area (Å²) in [6, 6.07) is 21.1. The Balaban J connectivity index is 1.34. The van der Waals surface area contributed by atoms with Crippen LogP contribution in [0.4, 0.5) is 0 Å². The van der Waals surface area contributed by atoms with E-state index in [9.17, 15) is 32.7 Å². The van der Waals surface area contributed by atoms with E-state index < -0.39 is 70.1 Å². The molecule has 1 spiro atoms. The second kappa shape index (κ2) is 9.39. The molecule has 1 N–H and O–H groups in total. The monoisotopic (exact) mass is 574 g/mol. The summed E-state index contributed by atoms with van der Waals surface area (Å²) in [7, 11) is -4.37. The fourth-order valence-corrected chi connectivity index (χ4v) is 6.27. The number of carbonyl (C=O) groups is 4. The minimum Gasteiger partial charge on any atom is -0.510 e. The van der Waals surface area contributed by atoms with Crippen molar-refractivity contribution >= 4 is 33.8 Å². The first-order valence-electron chi connectivity index (χ1n) is 12.5. The molecule has 3 heterocycles. The Labute approximate surface area is 234 Å². The number of fused-ring (bicyclic) bond motifs is 3. The first-order valence-corrected chi connectivity index (χ1v) is 13.9. The molecule has 41 heavy (non-hydrogen) atoms. The molecule has 12 heteroatoms. The highest BCUT2D eigenvalue weighted by atomic mass is 32.2. The minimum atomic E-state index is -4.37. The molecule has 3 amide bonds. The fraction of sp³-hybridized carbons (Fsp3) is 0.172. The predicted molar refractivity (Wildman–Crippen MR) is 141 cm³/mol. The Bertz CT molecular complexity index is 1730. The smallest absolute Gasteiger partial charge is 0.359 e. The highest BCUT2D eigenvalue weighted by Crippen LogP contribution is 2.42. The number of imide groups is 1. The summed E-state index contributed by atoms with van der Waals surface area (Å²) in [5.41, 5.74) is -1.54. The van der Waals surface area contributed by atoms with Crippen molar-refractivity contribution in [3.8, 4) is 0 Å². The number of carbonyl (C=O) groups excluding carboxylic acids is 4. The van der Waals surface area contributed by atoms with E-state index in [-0.39, 0.29) is 16.0 Å². The molecule has 3 aromatic carbocycles. The van der Waals surface area contributed by atoms with E-state index in [1.54, 1.807) is 60.7 Å². The fourth-order valence-electron chi connectivity index (χ4n) is 5.29. The van der Waals surface area contributed by atoms with Gasteiger partial charge in [-0.3, -0.25) is 28.4 Å². The number of esters is 1. The van der Waals surface area contributed by atoms with E-state index in [1.165, 1.54) is 13.0 Å². The number of ether oxygens (including phenoxy) is 1. The number of rotatable bonds is 5. The standard InChI is InChI=1S/C29H22N2O9S/c1-17(32)23(27(35)40-24(18-8-4-2-5-9-18)19-10-6-3-7-11-19)30-15-29(28(30)36)16-39-41(37,38)20-12-13-21-22(14-20)26(34)31(29)25(21)33/h2-14,24,32H,15-16H2,1H3/t29-/m0/s1. The zero-order valence-electron chi connectivity index (χ0n) is 21.5. The first kappa shape index (κ1) is 26.4. The lowest BCUT2D eigenvalue weighted by Crippen LogP contribution is -2.77. The molecule has 208 valence electrons. The summed E-state index contributed by atoms with van der Waals surface area (Å²) in [6.07, 6.45) is -0.895. The molecule has 0 aromatic heterocycles. The summed E-state index contributed by atoms with van der Waals surface area (Å²) in [4.78, 5) is 55.0. The third-order valence-corrected chi connectivity index (χ3v) is 8.59. The van der Waals surface area contributed by atoms with E-state index in [1.807, 2.05) is 0 Å². The van der Waals surface area contributed by atoms with E-state index in [0.717, 1.165) is 17.0 Å². The average Bonchev–Trinajstić information content (AvgIpc) is 3.23. The van der Waals surface area contributed by atoms with Crippen LogP contribution in [0.3, 0.4) is 0 Å². The van der Waals surface area contributed by atoms with Gasteiger partial charge >= 0.3 is 5.97 Å². The van der Waals surface area contributed by atoms with Crippen LogP contribution in [-0.2, 0) is 28.6 Å². The van der Waals surface area contributed by atoms with Gasteiger partial charge in [0.15, 0.2) is 17.3 Å². The van der Waals surface area contributed by atoms with Crippen LogP contribution in [0.2, 0.25) is 0 Å². The number of allylic oxidation sites excluding steroid dienone is 1. The summed E-state index contributed by atoms with van der Waals surface area (Å²) < 4.78 is 36.5. The van der Waals surface area contributed by atoms with Gasteiger partial charge in [-0.15, -0.1) is 0 Å². The maximum Gasteiger partial charge on any atom is 0.359 e. The van der Waals surface area contributed by atoms with Crippen LogP contribution in [0.1, 0.15) is 44.9 Å². The Morgan fingerprint density at radius 3 is 2.07 bits per heavy atom. The van der Waals surface area contributed by atoms with Gasteiger partial charge in [-0.05, 0) is 36.2 Å². The lowest BCUT2D eigenvalue weighted by Gasteiger charge is -2.51. The van der Waals surface area contributed by atoms with E-state index >= 15 is 0 Å². The molecule has 1 fully saturated rings. The van der Waals surface area contributed by atoms with Crippen molar-refractivity contribution in [3.05, 3.63) is 113 Å². The molecule has 6 rings (SSSR count).